The number of para-hydroxylation sites is 1. The van der Waals surface area contributed by atoms with Crippen molar-refractivity contribution in [2.75, 3.05) is 39.3 Å². The molecule has 1 amide bonds. The molecule has 1 aromatic heterocycles. The normalized spacial score (nSPS) is 17.6. The topological polar surface area (TPSA) is 42.6 Å². The first-order valence-electron chi connectivity index (χ1n) is 13.9. The molecule has 0 aliphatic carbocycles. The predicted octanol–water partition coefficient (Wildman–Crippen LogP) is 6.81. The highest BCUT2D eigenvalue weighted by atomic mass is 35.5. The van der Waals surface area contributed by atoms with Crippen LogP contribution in [0.5, 0.6) is 0 Å². The van der Waals surface area contributed by atoms with Crippen LogP contribution in [-0.2, 0) is 13.1 Å². The molecule has 6 rings (SSSR count). The van der Waals surface area contributed by atoms with Gasteiger partial charge in [0, 0.05) is 65.8 Å². The van der Waals surface area contributed by atoms with E-state index in [1.807, 2.05) is 29.2 Å². The number of rotatable bonds is 6. The molecule has 7 heteroatoms. The zero-order valence-corrected chi connectivity index (χ0v) is 23.6. The molecule has 0 saturated carbocycles. The maximum atomic E-state index is 13.8. The van der Waals surface area contributed by atoms with E-state index >= 15 is 0 Å². The van der Waals surface area contributed by atoms with E-state index < -0.39 is 0 Å². The fourth-order valence-corrected chi connectivity index (χ4v) is 6.87. The van der Waals surface area contributed by atoms with Gasteiger partial charge in [-0.2, -0.15) is 0 Å². The average Bonchev–Trinajstić information content (AvgIpc) is 3.33. The number of aromatic nitrogens is 1. The lowest BCUT2D eigenvalue weighted by atomic mass is 9.89. The van der Waals surface area contributed by atoms with Crippen LogP contribution >= 0.6 is 23.2 Å². The lowest BCUT2D eigenvalue weighted by molar-refractivity contribution is 0.0621. The SMILES string of the molecule is O=C(c1[nH]c2ccccc2c1CN1CCC(c2c(Cl)cccc2Cl)CC1)N1CCN(Cc2ccccc2)CC1. The molecule has 4 aromatic rings. The van der Waals surface area contributed by atoms with Crippen molar-refractivity contribution in [2.45, 2.75) is 31.8 Å². The number of nitrogens with one attached hydrogen (secondary N) is 1. The number of amides is 1. The van der Waals surface area contributed by atoms with E-state index in [9.17, 15) is 4.79 Å². The Bertz CT molecular complexity index is 1420. The summed E-state index contributed by atoms with van der Waals surface area (Å²) in [5.74, 6) is 0.469. The summed E-state index contributed by atoms with van der Waals surface area (Å²) in [6, 6.07) is 24.6. The molecule has 0 spiro atoms. The third kappa shape index (κ3) is 5.73. The second-order valence-corrected chi connectivity index (χ2v) is 11.6. The zero-order valence-electron chi connectivity index (χ0n) is 22.1. The average molecular weight is 562 g/mol. The molecule has 39 heavy (non-hydrogen) atoms. The molecule has 1 N–H and O–H groups in total. The van der Waals surface area contributed by atoms with Gasteiger partial charge >= 0.3 is 0 Å². The number of carbonyl (C=O) groups excluding carboxylic acids is 1. The number of piperidine rings is 1. The highest BCUT2D eigenvalue weighted by Crippen LogP contribution is 2.38. The van der Waals surface area contributed by atoms with Crippen molar-refractivity contribution < 1.29 is 4.79 Å². The van der Waals surface area contributed by atoms with Crippen LogP contribution in [0.15, 0.2) is 72.8 Å². The third-order valence-electron chi connectivity index (χ3n) is 8.31. The molecule has 0 bridgehead atoms. The summed E-state index contributed by atoms with van der Waals surface area (Å²) in [6.45, 7) is 6.81. The van der Waals surface area contributed by atoms with Crippen molar-refractivity contribution in [1.82, 2.24) is 19.7 Å². The number of hydrogen-bond donors (Lipinski definition) is 1. The van der Waals surface area contributed by atoms with Gasteiger partial charge in [-0.05, 0) is 61.2 Å². The van der Waals surface area contributed by atoms with E-state index in [2.05, 4.69) is 63.3 Å². The Morgan fingerprint density at radius 1 is 0.744 bits per heavy atom. The van der Waals surface area contributed by atoms with Crippen molar-refractivity contribution in [3.63, 3.8) is 0 Å². The Hall–Kier alpha value is -2.83. The molecular formula is C32H34Cl2N4O. The van der Waals surface area contributed by atoms with Gasteiger partial charge in [-0.3, -0.25) is 14.6 Å². The van der Waals surface area contributed by atoms with Crippen molar-refractivity contribution in [2.24, 2.45) is 0 Å². The summed E-state index contributed by atoms with van der Waals surface area (Å²) in [7, 11) is 0. The molecular weight excluding hydrogens is 527 g/mol. The van der Waals surface area contributed by atoms with Gasteiger partial charge in [-0.1, -0.05) is 77.8 Å². The summed E-state index contributed by atoms with van der Waals surface area (Å²) >= 11 is 13.0. The van der Waals surface area contributed by atoms with E-state index in [-0.39, 0.29) is 5.91 Å². The number of halogens is 2. The zero-order chi connectivity index (χ0) is 26.8. The van der Waals surface area contributed by atoms with Gasteiger partial charge in [-0.25, -0.2) is 0 Å². The van der Waals surface area contributed by atoms with Crippen LogP contribution in [0, 0.1) is 0 Å². The molecule has 5 nitrogen and oxygen atoms in total. The molecule has 2 aliphatic rings. The summed E-state index contributed by atoms with van der Waals surface area (Å²) in [6.07, 6.45) is 2.00. The van der Waals surface area contributed by atoms with Gasteiger partial charge in [0.1, 0.15) is 5.69 Å². The van der Waals surface area contributed by atoms with Crippen LogP contribution < -0.4 is 0 Å². The largest absolute Gasteiger partial charge is 0.350 e. The van der Waals surface area contributed by atoms with Gasteiger partial charge in [0.25, 0.3) is 5.91 Å². The molecule has 0 atom stereocenters. The molecule has 0 radical (unpaired) electrons. The highest BCUT2D eigenvalue weighted by molar-refractivity contribution is 6.36. The number of hydrogen-bond acceptors (Lipinski definition) is 3. The summed E-state index contributed by atoms with van der Waals surface area (Å²) in [4.78, 5) is 24.2. The Labute approximate surface area is 240 Å². The van der Waals surface area contributed by atoms with Gasteiger partial charge < -0.3 is 9.88 Å². The number of carbonyl (C=O) groups is 1. The molecule has 3 heterocycles. The van der Waals surface area contributed by atoms with Gasteiger partial charge in [-0.15, -0.1) is 0 Å². The van der Waals surface area contributed by atoms with Crippen molar-refractivity contribution in [3.05, 3.63) is 105 Å². The van der Waals surface area contributed by atoms with E-state index in [0.717, 1.165) is 103 Å². The Balaban J connectivity index is 1.14. The van der Waals surface area contributed by atoms with Crippen LogP contribution in [0.1, 0.15) is 45.9 Å². The first-order valence-corrected chi connectivity index (χ1v) is 14.6. The van der Waals surface area contributed by atoms with Crippen LogP contribution in [-0.4, -0.2) is 64.9 Å². The molecule has 0 unspecified atom stereocenters. The highest BCUT2D eigenvalue weighted by Gasteiger charge is 2.29. The van der Waals surface area contributed by atoms with Crippen LogP contribution in [0.4, 0.5) is 0 Å². The van der Waals surface area contributed by atoms with E-state index in [4.69, 9.17) is 23.2 Å². The second kappa shape index (κ2) is 11.7. The number of nitrogens with zero attached hydrogens (tertiary/aromatic N) is 3. The fraction of sp³-hybridized carbons (Fsp3) is 0.344. The maximum Gasteiger partial charge on any atom is 0.270 e. The van der Waals surface area contributed by atoms with Crippen molar-refractivity contribution in [1.29, 1.82) is 0 Å². The van der Waals surface area contributed by atoms with Crippen LogP contribution in [0.25, 0.3) is 10.9 Å². The van der Waals surface area contributed by atoms with E-state index in [1.54, 1.807) is 0 Å². The number of likely N-dealkylation sites (tertiary alicyclic amines) is 1. The number of fused-ring (bicyclic) bond motifs is 1. The van der Waals surface area contributed by atoms with Crippen molar-refractivity contribution >= 4 is 40.0 Å². The Morgan fingerprint density at radius 3 is 2.10 bits per heavy atom. The quantitative estimate of drug-likeness (QED) is 0.281. The summed E-state index contributed by atoms with van der Waals surface area (Å²) in [5, 5.41) is 2.66. The number of piperazine rings is 1. The first-order chi connectivity index (χ1) is 19.1. The van der Waals surface area contributed by atoms with Gasteiger partial charge in [0.05, 0.1) is 0 Å². The number of H-pyrrole nitrogens is 1. The maximum absolute atomic E-state index is 13.8. The minimum atomic E-state index is 0.110. The third-order valence-corrected chi connectivity index (χ3v) is 8.97. The summed E-state index contributed by atoms with van der Waals surface area (Å²) in [5.41, 5.74) is 5.27. The van der Waals surface area contributed by atoms with Crippen molar-refractivity contribution in [3.8, 4) is 0 Å². The van der Waals surface area contributed by atoms with E-state index in [1.165, 1.54) is 5.56 Å². The first kappa shape index (κ1) is 26.4. The standard InChI is InChI=1S/C32H34Cl2N4O/c33-27-10-6-11-28(34)30(27)24-13-15-36(16-14-24)22-26-25-9-4-5-12-29(25)35-31(26)32(39)38-19-17-37(18-20-38)21-23-7-2-1-3-8-23/h1-12,24,35H,13-22H2. The minimum Gasteiger partial charge on any atom is -0.350 e. The van der Waals surface area contributed by atoms with Crippen LogP contribution in [0.3, 0.4) is 0 Å². The lowest BCUT2D eigenvalue weighted by Gasteiger charge is -2.35. The number of benzene rings is 3. The molecule has 2 fully saturated rings. The molecule has 2 saturated heterocycles. The molecule has 2 aliphatic heterocycles. The second-order valence-electron chi connectivity index (χ2n) is 10.8. The molecule has 202 valence electrons. The van der Waals surface area contributed by atoms with Crippen LogP contribution in [0.2, 0.25) is 10.0 Å². The molecule has 3 aromatic carbocycles. The van der Waals surface area contributed by atoms with Gasteiger partial charge in [0.15, 0.2) is 0 Å². The van der Waals surface area contributed by atoms with E-state index in [0.29, 0.717) is 5.92 Å². The number of aromatic amines is 1. The predicted molar refractivity (Wildman–Crippen MR) is 160 cm³/mol. The fourth-order valence-electron chi connectivity index (χ4n) is 6.16. The minimum absolute atomic E-state index is 0.110. The smallest absolute Gasteiger partial charge is 0.270 e. The summed E-state index contributed by atoms with van der Waals surface area (Å²) < 4.78 is 0. The lowest BCUT2D eigenvalue weighted by Crippen LogP contribution is -2.48. The van der Waals surface area contributed by atoms with Gasteiger partial charge in [0.2, 0.25) is 0 Å². The Morgan fingerprint density at radius 2 is 1.38 bits per heavy atom. The Kier molecular flexibility index (Phi) is 7.94. The monoisotopic (exact) mass is 560 g/mol.